The predicted molar refractivity (Wildman–Crippen MR) is 112 cm³/mol. The lowest BCUT2D eigenvalue weighted by molar-refractivity contribution is -0.119. The first-order valence-corrected chi connectivity index (χ1v) is 9.27. The molecule has 27 heavy (non-hydrogen) atoms. The largest absolute Gasteiger partial charge is 0.370 e. The zero-order valence-corrected chi connectivity index (χ0v) is 17.8. The molecule has 3 N–H and O–H groups in total. The van der Waals surface area contributed by atoms with Crippen LogP contribution < -0.4 is 11.1 Å². The van der Waals surface area contributed by atoms with E-state index in [2.05, 4.69) is 15.2 Å². The highest BCUT2D eigenvalue weighted by molar-refractivity contribution is 14.0. The molecule has 150 valence electrons. The lowest BCUT2D eigenvalue weighted by Gasteiger charge is -2.35. The summed E-state index contributed by atoms with van der Waals surface area (Å²) in [5.41, 5.74) is 5.49. The Morgan fingerprint density at radius 2 is 2.07 bits per heavy atom. The highest BCUT2D eigenvalue weighted by Gasteiger charge is 2.43. The van der Waals surface area contributed by atoms with E-state index in [1.807, 2.05) is 6.92 Å². The van der Waals surface area contributed by atoms with Gasteiger partial charge in [-0.3, -0.25) is 9.79 Å². The lowest BCUT2D eigenvalue weighted by atomic mass is 9.95. The van der Waals surface area contributed by atoms with E-state index in [0.717, 1.165) is 31.9 Å². The Bertz CT molecular complexity index is 680. The molecule has 1 heterocycles. The number of carbonyl (C=O) groups excluding carboxylic acids is 1. The van der Waals surface area contributed by atoms with Crippen molar-refractivity contribution in [3.63, 3.8) is 0 Å². The summed E-state index contributed by atoms with van der Waals surface area (Å²) in [5.74, 6) is -0.462. The van der Waals surface area contributed by atoms with Gasteiger partial charge in [0.25, 0.3) is 0 Å². The van der Waals surface area contributed by atoms with E-state index in [1.54, 1.807) is 0 Å². The Hall–Kier alpha value is -1.45. The van der Waals surface area contributed by atoms with Crippen molar-refractivity contribution in [1.82, 2.24) is 10.2 Å². The number of amides is 1. The average Bonchev–Trinajstić information content (AvgIpc) is 3.33. The molecule has 1 aromatic carbocycles. The third-order valence-electron chi connectivity index (χ3n) is 5.09. The van der Waals surface area contributed by atoms with Crippen LogP contribution in [0.2, 0.25) is 0 Å². The smallest absolute Gasteiger partial charge is 0.217 e. The molecule has 0 radical (unpaired) electrons. The second-order valence-corrected chi connectivity index (χ2v) is 7.15. The summed E-state index contributed by atoms with van der Waals surface area (Å²) in [4.78, 5) is 17.9. The number of hydrogen-bond acceptors (Lipinski definition) is 2. The topological polar surface area (TPSA) is 70.7 Å². The molecular formula is C19H27F2IN4O. The van der Waals surface area contributed by atoms with Crippen LogP contribution in [0.25, 0.3) is 0 Å². The number of nitrogens with two attached hydrogens (primary N) is 1. The van der Waals surface area contributed by atoms with E-state index < -0.39 is 11.6 Å². The summed E-state index contributed by atoms with van der Waals surface area (Å²) >= 11 is 0. The molecule has 0 aromatic heterocycles. The highest BCUT2D eigenvalue weighted by Crippen LogP contribution is 2.43. The summed E-state index contributed by atoms with van der Waals surface area (Å²) < 4.78 is 28.0. The summed E-state index contributed by atoms with van der Waals surface area (Å²) in [6.45, 7) is 4.14. The van der Waals surface area contributed by atoms with Crippen molar-refractivity contribution in [2.45, 2.75) is 44.6 Å². The summed E-state index contributed by atoms with van der Waals surface area (Å²) in [6.07, 6.45) is 3.01. The number of carbonyl (C=O) groups is 1. The maximum absolute atomic E-state index is 14.0. The van der Waals surface area contributed by atoms with Crippen molar-refractivity contribution >= 4 is 35.8 Å². The van der Waals surface area contributed by atoms with Crippen LogP contribution in [-0.4, -0.2) is 42.4 Å². The third-order valence-corrected chi connectivity index (χ3v) is 5.09. The van der Waals surface area contributed by atoms with Crippen LogP contribution in [0.4, 0.5) is 8.78 Å². The Morgan fingerprint density at radius 3 is 2.70 bits per heavy atom. The number of nitrogens with zero attached hydrogens (tertiary/aromatic N) is 2. The number of hydrogen-bond donors (Lipinski definition) is 2. The van der Waals surface area contributed by atoms with E-state index in [4.69, 9.17) is 5.73 Å². The number of primary amides is 1. The monoisotopic (exact) mass is 492 g/mol. The van der Waals surface area contributed by atoms with Gasteiger partial charge < -0.3 is 16.0 Å². The van der Waals surface area contributed by atoms with Gasteiger partial charge >= 0.3 is 0 Å². The Labute approximate surface area is 175 Å². The molecule has 1 aliphatic heterocycles. The van der Waals surface area contributed by atoms with Gasteiger partial charge in [0.2, 0.25) is 5.91 Å². The maximum atomic E-state index is 14.0. The number of guanidine groups is 1. The van der Waals surface area contributed by atoms with E-state index in [9.17, 15) is 13.6 Å². The molecule has 1 aliphatic carbocycles. The first-order valence-electron chi connectivity index (χ1n) is 9.27. The first kappa shape index (κ1) is 21.8. The van der Waals surface area contributed by atoms with Crippen molar-refractivity contribution in [2.24, 2.45) is 16.6 Å². The Balaban J connectivity index is 0.00000261. The molecular weight excluding hydrogens is 465 g/mol. The van der Waals surface area contributed by atoms with Gasteiger partial charge in [-0.2, -0.15) is 0 Å². The molecule has 1 aromatic rings. The van der Waals surface area contributed by atoms with Gasteiger partial charge in [0.15, 0.2) is 5.96 Å². The van der Waals surface area contributed by atoms with Crippen molar-refractivity contribution in [2.75, 3.05) is 19.6 Å². The van der Waals surface area contributed by atoms with Crippen molar-refractivity contribution < 1.29 is 13.6 Å². The number of nitrogens with one attached hydrogen (secondary N) is 1. The fraction of sp³-hybridized carbons (Fsp3) is 0.579. The van der Waals surface area contributed by atoms with E-state index in [1.165, 1.54) is 18.2 Å². The maximum Gasteiger partial charge on any atom is 0.217 e. The van der Waals surface area contributed by atoms with Crippen LogP contribution in [0.15, 0.2) is 23.2 Å². The zero-order chi connectivity index (χ0) is 18.7. The molecule has 3 unspecified atom stereocenters. The minimum absolute atomic E-state index is 0. The lowest BCUT2D eigenvalue weighted by Crippen LogP contribution is -2.48. The number of likely N-dealkylation sites (tertiary alicyclic amines) is 1. The molecule has 1 saturated carbocycles. The zero-order valence-electron chi connectivity index (χ0n) is 15.5. The van der Waals surface area contributed by atoms with E-state index in [0.29, 0.717) is 19.4 Å². The number of aliphatic imine (C=N–C) groups is 1. The summed E-state index contributed by atoms with van der Waals surface area (Å²) in [6, 6.07) is 3.96. The van der Waals surface area contributed by atoms with Crippen LogP contribution >= 0.6 is 24.0 Å². The minimum atomic E-state index is -0.493. The van der Waals surface area contributed by atoms with E-state index >= 15 is 0 Å². The van der Waals surface area contributed by atoms with E-state index in [-0.39, 0.29) is 53.3 Å². The van der Waals surface area contributed by atoms with Gasteiger partial charge in [0, 0.05) is 43.6 Å². The quantitative estimate of drug-likeness (QED) is 0.377. The van der Waals surface area contributed by atoms with Gasteiger partial charge in [-0.25, -0.2) is 8.78 Å². The van der Waals surface area contributed by atoms with Gasteiger partial charge in [0.05, 0.1) is 0 Å². The molecule has 8 heteroatoms. The number of piperidine rings is 1. The van der Waals surface area contributed by atoms with Gasteiger partial charge in [0.1, 0.15) is 11.6 Å². The minimum Gasteiger partial charge on any atom is -0.370 e. The summed E-state index contributed by atoms with van der Waals surface area (Å²) in [7, 11) is 0. The number of rotatable bonds is 5. The SMILES string of the molecule is CCN=C(NC1CC1c1c(F)cccc1F)N1CCCC(CC(N)=O)C1.I. The third kappa shape index (κ3) is 5.52. The first-order chi connectivity index (χ1) is 12.5. The standard InChI is InChI=1S/C19H26F2N4O.HI/c1-2-23-19(25-8-4-5-12(11-25)9-17(22)26)24-16-10-13(16)18-14(20)6-3-7-15(18)21;/h3,6-7,12-13,16H,2,4-5,8-11H2,1H3,(H2,22,26)(H,23,24);1H. The Morgan fingerprint density at radius 1 is 1.37 bits per heavy atom. The second-order valence-electron chi connectivity index (χ2n) is 7.15. The highest BCUT2D eigenvalue weighted by atomic mass is 127. The van der Waals surface area contributed by atoms with Crippen LogP contribution in [0.5, 0.6) is 0 Å². The average molecular weight is 492 g/mol. The molecule has 5 nitrogen and oxygen atoms in total. The predicted octanol–water partition coefficient (Wildman–Crippen LogP) is 2.99. The van der Waals surface area contributed by atoms with Crippen LogP contribution in [0, 0.1) is 17.6 Å². The molecule has 2 fully saturated rings. The molecule has 1 amide bonds. The Kier molecular flexibility index (Phi) is 7.81. The van der Waals surface area contributed by atoms with Crippen molar-refractivity contribution in [3.05, 3.63) is 35.4 Å². The molecule has 3 rings (SSSR count). The number of benzene rings is 1. The molecule has 2 aliphatic rings. The van der Waals surface area contributed by atoms with Gasteiger partial charge in [-0.05, 0) is 44.2 Å². The number of halogens is 3. The molecule has 0 bridgehead atoms. The van der Waals surface area contributed by atoms with Gasteiger partial charge in [-0.1, -0.05) is 6.07 Å². The fourth-order valence-electron chi connectivity index (χ4n) is 3.80. The van der Waals surface area contributed by atoms with Crippen LogP contribution in [-0.2, 0) is 4.79 Å². The molecule has 1 saturated heterocycles. The molecule has 3 atom stereocenters. The normalized spacial score (nSPS) is 24.9. The second kappa shape index (κ2) is 9.66. The van der Waals surface area contributed by atoms with Crippen LogP contribution in [0.1, 0.15) is 44.1 Å². The van der Waals surface area contributed by atoms with Crippen molar-refractivity contribution in [1.29, 1.82) is 0 Å². The fourth-order valence-corrected chi connectivity index (χ4v) is 3.80. The molecule has 0 spiro atoms. The van der Waals surface area contributed by atoms with Crippen LogP contribution in [0.3, 0.4) is 0 Å². The summed E-state index contributed by atoms with van der Waals surface area (Å²) in [5, 5.41) is 3.36. The van der Waals surface area contributed by atoms with Crippen molar-refractivity contribution in [3.8, 4) is 0 Å². The van der Waals surface area contributed by atoms with Gasteiger partial charge in [-0.15, -0.1) is 24.0 Å².